The standard InChI is InChI=1S/C19H23N5O3/c1-2-27-19(26)24-10-7-15(8-11-24)22-17-6-5-16(13-21-17)23-18(25)14-4-3-9-20-12-14/h3-6,9,12-13,15H,2,7-8,10-11H2,1H3,(H,21,22)(H,23,25). The van der Waals surface area contributed by atoms with Crippen molar-refractivity contribution in [1.29, 1.82) is 0 Å². The number of pyridine rings is 2. The average molecular weight is 369 g/mol. The fourth-order valence-electron chi connectivity index (χ4n) is 2.88. The van der Waals surface area contributed by atoms with Crippen molar-refractivity contribution in [1.82, 2.24) is 14.9 Å². The maximum Gasteiger partial charge on any atom is 0.409 e. The summed E-state index contributed by atoms with van der Waals surface area (Å²) in [6.07, 6.45) is 6.17. The van der Waals surface area contributed by atoms with E-state index in [4.69, 9.17) is 4.74 Å². The number of anilines is 2. The van der Waals surface area contributed by atoms with Gasteiger partial charge in [-0.25, -0.2) is 9.78 Å². The summed E-state index contributed by atoms with van der Waals surface area (Å²) in [5.41, 5.74) is 1.11. The van der Waals surface area contributed by atoms with Gasteiger partial charge in [-0.15, -0.1) is 0 Å². The van der Waals surface area contributed by atoms with E-state index < -0.39 is 0 Å². The van der Waals surface area contributed by atoms with E-state index in [1.165, 1.54) is 6.20 Å². The zero-order chi connectivity index (χ0) is 19.1. The van der Waals surface area contributed by atoms with Gasteiger partial charge >= 0.3 is 6.09 Å². The third-order valence-corrected chi connectivity index (χ3v) is 4.32. The number of rotatable bonds is 5. The molecule has 2 N–H and O–H groups in total. The van der Waals surface area contributed by atoms with Gasteiger partial charge in [-0.1, -0.05) is 0 Å². The summed E-state index contributed by atoms with van der Waals surface area (Å²) < 4.78 is 5.03. The van der Waals surface area contributed by atoms with E-state index in [0.29, 0.717) is 30.9 Å². The van der Waals surface area contributed by atoms with Crippen LogP contribution >= 0.6 is 0 Å². The lowest BCUT2D eigenvalue weighted by molar-refractivity contribution is 0.0981. The van der Waals surface area contributed by atoms with E-state index in [9.17, 15) is 9.59 Å². The highest BCUT2D eigenvalue weighted by Crippen LogP contribution is 2.17. The molecule has 0 radical (unpaired) electrons. The molecule has 1 aliphatic rings. The summed E-state index contributed by atoms with van der Waals surface area (Å²) in [6, 6.07) is 7.30. The SMILES string of the molecule is CCOC(=O)N1CCC(Nc2ccc(NC(=O)c3cccnc3)cn2)CC1. The summed E-state index contributed by atoms with van der Waals surface area (Å²) in [7, 11) is 0. The highest BCUT2D eigenvalue weighted by Gasteiger charge is 2.23. The molecule has 2 aromatic heterocycles. The van der Waals surface area contributed by atoms with Gasteiger partial charge in [0.25, 0.3) is 5.91 Å². The van der Waals surface area contributed by atoms with Crippen LogP contribution in [0.5, 0.6) is 0 Å². The number of hydrogen-bond donors (Lipinski definition) is 2. The first-order valence-electron chi connectivity index (χ1n) is 9.01. The number of aromatic nitrogens is 2. The molecule has 0 spiro atoms. The Hall–Kier alpha value is -3.16. The van der Waals surface area contributed by atoms with E-state index in [-0.39, 0.29) is 18.0 Å². The van der Waals surface area contributed by atoms with Gasteiger partial charge < -0.3 is 20.3 Å². The molecular formula is C19H23N5O3. The topological polar surface area (TPSA) is 96.5 Å². The molecule has 0 saturated carbocycles. The van der Waals surface area contributed by atoms with E-state index in [0.717, 1.165) is 18.7 Å². The van der Waals surface area contributed by atoms with Crippen LogP contribution in [0.1, 0.15) is 30.1 Å². The first kappa shape index (κ1) is 18.6. The molecule has 8 nitrogen and oxygen atoms in total. The molecule has 1 saturated heterocycles. The Labute approximate surface area is 158 Å². The van der Waals surface area contributed by atoms with Crippen LogP contribution in [-0.4, -0.2) is 52.6 Å². The molecule has 142 valence electrons. The Balaban J connectivity index is 1.48. The molecule has 3 heterocycles. The molecule has 0 aliphatic carbocycles. The Bertz CT molecular complexity index is 759. The molecule has 8 heteroatoms. The van der Waals surface area contributed by atoms with Crippen LogP contribution in [-0.2, 0) is 4.74 Å². The van der Waals surface area contributed by atoms with Crippen molar-refractivity contribution in [3.63, 3.8) is 0 Å². The van der Waals surface area contributed by atoms with Gasteiger partial charge in [0.1, 0.15) is 5.82 Å². The highest BCUT2D eigenvalue weighted by atomic mass is 16.6. The van der Waals surface area contributed by atoms with Crippen molar-refractivity contribution >= 4 is 23.5 Å². The van der Waals surface area contributed by atoms with Gasteiger partial charge in [0.2, 0.25) is 0 Å². The number of carbonyl (C=O) groups excluding carboxylic acids is 2. The maximum absolute atomic E-state index is 12.1. The Morgan fingerprint density at radius 3 is 2.67 bits per heavy atom. The summed E-state index contributed by atoms with van der Waals surface area (Å²) >= 11 is 0. The smallest absolute Gasteiger partial charge is 0.409 e. The molecule has 0 bridgehead atoms. The van der Waals surface area contributed by atoms with Crippen molar-refractivity contribution in [3.05, 3.63) is 48.4 Å². The predicted octanol–water partition coefficient (Wildman–Crippen LogP) is 2.76. The Morgan fingerprint density at radius 2 is 2.04 bits per heavy atom. The molecule has 2 aromatic rings. The van der Waals surface area contributed by atoms with Crippen LogP contribution in [0.15, 0.2) is 42.9 Å². The van der Waals surface area contributed by atoms with Crippen LogP contribution in [0.25, 0.3) is 0 Å². The lowest BCUT2D eigenvalue weighted by Crippen LogP contribution is -2.42. The quantitative estimate of drug-likeness (QED) is 0.841. The lowest BCUT2D eigenvalue weighted by atomic mass is 10.1. The maximum atomic E-state index is 12.1. The molecule has 1 aliphatic heterocycles. The van der Waals surface area contributed by atoms with Crippen molar-refractivity contribution < 1.29 is 14.3 Å². The first-order valence-corrected chi connectivity index (χ1v) is 9.01. The highest BCUT2D eigenvalue weighted by molar-refractivity contribution is 6.03. The molecule has 3 rings (SSSR count). The van der Waals surface area contributed by atoms with Gasteiger partial charge in [0, 0.05) is 31.5 Å². The molecular weight excluding hydrogens is 346 g/mol. The number of piperidine rings is 1. The van der Waals surface area contributed by atoms with Crippen LogP contribution < -0.4 is 10.6 Å². The second-order valence-electron chi connectivity index (χ2n) is 6.23. The number of ether oxygens (including phenoxy) is 1. The number of likely N-dealkylation sites (tertiary alicyclic amines) is 1. The van der Waals surface area contributed by atoms with Crippen molar-refractivity contribution in [3.8, 4) is 0 Å². The van der Waals surface area contributed by atoms with Gasteiger partial charge in [-0.05, 0) is 44.0 Å². The van der Waals surface area contributed by atoms with Crippen LogP contribution in [0.4, 0.5) is 16.3 Å². The molecule has 27 heavy (non-hydrogen) atoms. The Kier molecular flexibility index (Phi) is 6.19. The minimum Gasteiger partial charge on any atom is -0.450 e. The van der Waals surface area contributed by atoms with Crippen LogP contribution in [0.2, 0.25) is 0 Å². The van der Waals surface area contributed by atoms with Gasteiger partial charge in [-0.2, -0.15) is 0 Å². The minimum absolute atomic E-state index is 0.225. The van der Waals surface area contributed by atoms with Gasteiger partial charge in [-0.3, -0.25) is 9.78 Å². The third kappa shape index (κ3) is 5.16. The summed E-state index contributed by atoms with van der Waals surface area (Å²) in [6.45, 7) is 3.52. The van der Waals surface area contributed by atoms with E-state index in [1.807, 2.05) is 6.07 Å². The minimum atomic E-state index is -0.247. The third-order valence-electron chi connectivity index (χ3n) is 4.32. The zero-order valence-corrected chi connectivity index (χ0v) is 15.2. The lowest BCUT2D eigenvalue weighted by Gasteiger charge is -2.31. The van der Waals surface area contributed by atoms with Crippen molar-refractivity contribution in [2.45, 2.75) is 25.8 Å². The average Bonchev–Trinajstić information content (AvgIpc) is 2.71. The fourth-order valence-corrected chi connectivity index (χ4v) is 2.88. The van der Waals surface area contributed by atoms with Crippen molar-refractivity contribution in [2.75, 3.05) is 30.3 Å². The first-order chi connectivity index (χ1) is 13.2. The summed E-state index contributed by atoms with van der Waals surface area (Å²) in [4.78, 5) is 33.9. The van der Waals surface area contributed by atoms with E-state index in [1.54, 1.807) is 42.4 Å². The van der Waals surface area contributed by atoms with Gasteiger partial charge in [0.15, 0.2) is 0 Å². The summed E-state index contributed by atoms with van der Waals surface area (Å²) in [5, 5.41) is 6.16. The number of amides is 2. The number of nitrogens with zero attached hydrogens (tertiary/aromatic N) is 3. The summed E-state index contributed by atoms with van der Waals surface area (Å²) in [5.74, 6) is 0.515. The molecule has 2 amide bonds. The Morgan fingerprint density at radius 1 is 1.22 bits per heavy atom. The zero-order valence-electron chi connectivity index (χ0n) is 15.2. The van der Waals surface area contributed by atoms with E-state index >= 15 is 0 Å². The molecule has 1 fully saturated rings. The number of hydrogen-bond acceptors (Lipinski definition) is 6. The van der Waals surface area contributed by atoms with Crippen LogP contribution in [0.3, 0.4) is 0 Å². The second kappa shape index (κ2) is 8.98. The van der Waals surface area contributed by atoms with Crippen LogP contribution in [0, 0.1) is 0 Å². The van der Waals surface area contributed by atoms with Crippen molar-refractivity contribution in [2.24, 2.45) is 0 Å². The predicted molar refractivity (Wildman–Crippen MR) is 102 cm³/mol. The normalized spacial score (nSPS) is 14.5. The largest absolute Gasteiger partial charge is 0.450 e. The molecule has 0 atom stereocenters. The fraction of sp³-hybridized carbons (Fsp3) is 0.368. The second-order valence-corrected chi connectivity index (χ2v) is 6.23. The number of carbonyl (C=O) groups is 2. The molecule has 0 unspecified atom stereocenters. The number of nitrogens with one attached hydrogen (secondary N) is 2. The molecule has 0 aromatic carbocycles. The van der Waals surface area contributed by atoms with Gasteiger partial charge in [0.05, 0.1) is 24.1 Å². The monoisotopic (exact) mass is 369 g/mol. The van der Waals surface area contributed by atoms with E-state index in [2.05, 4.69) is 20.6 Å².